The number of hydrogen-bond acceptors (Lipinski definition) is 5. The lowest BCUT2D eigenvalue weighted by molar-refractivity contribution is 0.183. The summed E-state index contributed by atoms with van der Waals surface area (Å²) in [6, 6.07) is 7.52. The smallest absolute Gasteiger partial charge is 0.238 e. The first-order valence-electron chi connectivity index (χ1n) is 5.87. The fourth-order valence-corrected chi connectivity index (χ4v) is 1.86. The molecule has 0 aliphatic rings. The summed E-state index contributed by atoms with van der Waals surface area (Å²) >= 11 is 0. The molecular formula is C14H16N2O3. The normalized spacial score (nSPS) is 12.2. The molecule has 0 amide bonds. The van der Waals surface area contributed by atoms with E-state index >= 15 is 0 Å². The Morgan fingerprint density at radius 2 is 2.00 bits per heavy atom. The van der Waals surface area contributed by atoms with Crippen molar-refractivity contribution in [2.24, 2.45) is 0 Å². The molecule has 1 aromatic heterocycles. The van der Waals surface area contributed by atoms with Crippen LogP contribution in [-0.4, -0.2) is 29.3 Å². The van der Waals surface area contributed by atoms with Crippen LogP contribution in [0.2, 0.25) is 0 Å². The van der Waals surface area contributed by atoms with Gasteiger partial charge in [-0.2, -0.15) is 0 Å². The van der Waals surface area contributed by atoms with Crippen molar-refractivity contribution < 1.29 is 14.6 Å². The first kappa shape index (κ1) is 13.5. The molecule has 0 bridgehead atoms. The van der Waals surface area contributed by atoms with Gasteiger partial charge in [-0.15, -0.1) is 0 Å². The molecule has 0 aliphatic carbocycles. The number of hydrogen-bond donors (Lipinski definition) is 1. The number of nitrogens with zero attached hydrogens (tertiary/aromatic N) is 2. The SMILES string of the molecule is COCc1cccc(C(O)c2nccnc2OC)c1. The third kappa shape index (κ3) is 3.07. The largest absolute Gasteiger partial charge is 0.480 e. The molecule has 0 saturated heterocycles. The molecule has 100 valence electrons. The minimum Gasteiger partial charge on any atom is -0.480 e. The second kappa shape index (κ2) is 6.26. The van der Waals surface area contributed by atoms with Crippen LogP contribution < -0.4 is 4.74 Å². The molecule has 0 radical (unpaired) electrons. The predicted octanol–water partition coefficient (Wildman–Crippen LogP) is 1.71. The Morgan fingerprint density at radius 3 is 2.74 bits per heavy atom. The van der Waals surface area contributed by atoms with E-state index in [-0.39, 0.29) is 0 Å². The second-order valence-electron chi connectivity index (χ2n) is 4.03. The summed E-state index contributed by atoms with van der Waals surface area (Å²) in [6.45, 7) is 0.498. The van der Waals surface area contributed by atoms with Crippen molar-refractivity contribution in [1.82, 2.24) is 9.97 Å². The van der Waals surface area contributed by atoms with Crippen LogP contribution in [0, 0.1) is 0 Å². The molecule has 0 spiro atoms. The summed E-state index contributed by atoms with van der Waals surface area (Å²) in [5, 5.41) is 10.4. The Balaban J connectivity index is 2.32. The van der Waals surface area contributed by atoms with Gasteiger partial charge in [0.2, 0.25) is 5.88 Å². The van der Waals surface area contributed by atoms with Crippen LogP contribution in [-0.2, 0) is 11.3 Å². The van der Waals surface area contributed by atoms with Crippen LogP contribution in [0.1, 0.15) is 22.9 Å². The van der Waals surface area contributed by atoms with Crippen LogP contribution in [0.15, 0.2) is 36.7 Å². The predicted molar refractivity (Wildman–Crippen MR) is 69.8 cm³/mol. The molecule has 0 fully saturated rings. The van der Waals surface area contributed by atoms with Crippen LogP contribution in [0.25, 0.3) is 0 Å². The van der Waals surface area contributed by atoms with Gasteiger partial charge >= 0.3 is 0 Å². The van der Waals surface area contributed by atoms with Gasteiger partial charge in [0.25, 0.3) is 0 Å². The van der Waals surface area contributed by atoms with Gasteiger partial charge in [-0.1, -0.05) is 24.3 Å². The summed E-state index contributed by atoms with van der Waals surface area (Å²) in [7, 11) is 3.14. The quantitative estimate of drug-likeness (QED) is 0.886. The molecule has 2 rings (SSSR count). The average Bonchev–Trinajstić information content (AvgIpc) is 2.47. The summed E-state index contributed by atoms with van der Waals surface area (Å²) in [5.74, 6) is 0.326. The van der Waals surface area contributed by atoms with Crippen molar-refractivity contribution >= 4 is 0 Å². The third-order valence-electron chi connectivity index (χ3n) is 2.72. The van der Waals surface area contributed by atoms with Crippen molar-refractivity contribution in [2.45, 2.75) is 12.7 Å². The molecule has 0 saturated carbocycles. The summed E-state index contributed by atoms with van der Waals surface area (Å²) in [6.07, 6.45) is 2.18. The number of rotatable bonds is 5. The van der Waals surface area contributed by atoms with Crippen molar-refractivity contribution in [3.63, 3.8) is 0 Å². The number of aliphatic hydroxyl groups is 1. The lowest BCUT2D eigenvalue weighted by Crippen LogP contribution is -2.06. The Morgan fingerprint density at radius 1 is 1.21 bits per heavy atom. The molecule has 5 heteroatoms. The molecule has 19 heavy (non-hydrogen) atoms. The zero-order valence-electron chi connectivity index (χ0n) is 10.9. The average molecular weight is 260 g/mol. The Hall–Kier alpha value is -1.98. The van der Waals surface area contributed by atoms with Crippen molar-refractivity contribution in [3.05, 3.63) is 53.5 Å². The van der Waals surface area contributed by atoms with E-state index in [0.717, 1.165) is 11.1 Å². The lowest BCUT2D eigenvalue weighted by atomic mass is 10.0. The van der Waals surface area contributed by atoms with E-state index in [0.29, 0.717) is 18.2 Å². The van der Waals surface area contributed by atoms with Gasteiger partial charge in [-0.3, -0.25) is 4.98 Å². The maximum absolute atomic E-state index is 10.4. The highest BCUT2D eigenvalue weighted by Gasteiger charge is 2.18. The number of methoxy groups -OCH3 is 2. The second-order valence-corrected chi connectivity index (χ2v) is 4.03. The van der Waals surface area contributed by atoms with Gasteiger partial charge in [0, 0.05) is 19.5 Å². The fraction of sp³-hybridized carbons (Fsp3) is 0.286. The number of benzene rings is 1. The molecule has 1 N–H and O–H groups in total. The van der Waals surface area contributed by atoms with E-state index in [2.05, 4.69) is 9.97 Å². The number of aromatic nitrogens is 2. The van der Waals surface area contributed by atoms with Crippen molar-refractivity contribution in [2.75, 3.05) is 14.2 Å². The van der Waals surface area contributed by atoms with Gasteiger partial charge < -0.3 is 14.6 Å². The van der Waals surface area contributed by atoms with E-state index < -0.39 is 6.10 Å². The summed E-state index contributed by atoms with van der Waals surface area (Å²) in [5.41, 5.74) is 2.12. The highest BCUT2D eigenvalue weighted by atomic mass is 16.5. The topological polar surface area (TPSA) is 64.5 Å². The molecule has 0 aliphatic heterocycles. The van der Waals surface area contributed by atoms with Gasteiger partial charge in [0.15, 0.2) is 0 Å². The maximum Gasteiger partial charge on any atom is 0.238 e. The van der Waals surface area contributed by atoms with Gasteiger partial charge in [0.1, 0.15) is 11.8 Å². The van der Waals surface area contributed by atoms with Gasteiger partial charge in [-0.25, -0.2) is 4.98 Å². The van der Waals surface area contributed by atoms with E-state index in [9.17, 15) is 5.11 Å². The fourth-order valence-electron chi connectivity index (χ4n) is 1.86. The molecule has 2 aromatic rings. The van der Waals surface area contributed by atoms with Gasteiger partial charge in [-0.05, 0) is 11.1 Å². The van der Waals surface area contributed by atoms with Crippen LogP contribution in [0.4, 0.5) is 0 Å². The van der Waals surface area contributed by atoms with Crippen LogP contribution in [0.5, 0.6) is 5.88 Å². The van der Waals surface area contributed by atoms with E-state index in [1.807, 2.05) is 24.3 Å². The zero-order chi connectivity index (χ0) is 13.7. The Labute approximate surface area is 111 Å². The first-order valence-corrected chi connectivity index (χ1v) is 5.87. The van der Waals surface area contributed by atoms with Crippen LogP contribution in [0.3, 0.4) is 0 Å². The summed E-state index contributed by atoms with van der Waals surface area (Å²) < 4.78 is 10.2. The molecule has 1 atom stereocenters. The van der Waals surface area contributed by atoms with E-state index in [4.69, 9.17) is 9.47 Å². The zero-order valence-corrected chi connectivity index (χ0v) is 10.9. The minimum absolute atomic E-state index is 0.326. The standard InChI is InChI=1S/C14H16N2O3/c1-18-9-10-4-3-5-11(8-10)13(17)12-14(19-2)16-7-6-15-12/h3-8,13,17H,9H2,1-2H3. The van der Waals surface area contributed by atoms with Crippen molar-refractivity contribution in [1.29, 1.82) is 0 Å². The summed E-state index contributed by atoms with van der Waals surface area (Å²) in [4.78, 5) is 8.17. The molecular weight excluding hydrogens is 244 g/mol. The van der Waals surface area contributed by atoms with E-state index in [1.54, 1.807) is 7.11 Å². The number of ether oxygens (including phenoxy) is 2. The number of aliphatic hydroxyl groups excluding tert-OH is 1. The molecule has 5 nitrogen and oxygen atoms in total. The van der Waals surface area contributed by atoms with E-state index in [1.165, 1.54) is 19.5 Å². The molecule has 1 unspecified atom stereocenters. The highest BCUT2D eigenvalue weighted by molar-refractivity contribution is 5.33. The van der Waals surface area contributed by atoms with Gasteiger partial charge in [0.05, 0.1) is 13.7 Å². The first-order chi connectivity index (χ1) is 9.26. The Bertz CT molecular complexity index is 546. The van der Waals surface area contributed by atoms with Crippen LogP contribution >= 0.6 is 0 Å². The molecule has 1 aromatic carbocycles. The lowest BCUT2D eigenvalue weighted by Gasteiger charge is -2.13. The maximum atomic E-state index is 10.4. The Kier molecular flexibility index (Phi) is 4.43. The van der Waals surface area contributed by atoms with Crippen molar-refractivity contribution in [3.8, 4) is 5.88 Å². The minimum atomic E-state index is -0.875. The highest BCUT2D eigenvalue weighted by Crippen LogP contribution is 2.26. The molecule has 1 heterocycles. The monoisotopic (exact) mass is 260 g/mol. The third-order valence-corrected chi connectivity index (χ3v) is 2.72.